The van der Waals surface area contributed by atoms with Crippen LogP contribution in [0.5, 0.6) is 0 Å². The molecule has 0 unspecified atom stereocenters. The second-order valence-electron chi connectivity index (χ2n) is 5.34. The molecule has 0 amide bonds. The van der Waals surface area contributed by atoms with E-state index >= 15 is 0 Å². The molecule has 0 spiro atoms. The van der Waals surface area contributed by atoms with Gasteiger partial charge in [0.1, 0.15) is 0 Å². The van der Waals surface area contributed by atoms with E-state index in [1.165, 1.54) is 0 Å². The summed E-state index contributed by atoms with van der Waals surface area (Å²) in [4.78, 5) is 22.3. The van der Waals surface area contributed by atoms with Crippen molar-refractivity contribution in [3.8, 4) is 11.3 Å². The summed E-state index contributed by atoms with van der Waals surface area (Å²) in [6.45, 7) is 3.79. The van der Waals surface area contributed by atoms with E-state index in [0.717, 1.165) is 16.8 Å². The smallest absolute Gasteiger partial charge is 0.370 e. The van der Waals surface area contributed by atoms with Crippen LogP contribution in [0, 0.1) is 6.92 Å². The lowest BCUT2D eigenvalue weighted by Gasteiger charge is -2.16. The number of nitrogens with zero attached hydrogens (tertiary/aromatic N) is 4. The van der Waals surface area contributed by atoms with Gasteiger partial charge in [-0.05, 0) is 13.8 Å². The van der Waals surface area contributed by atoms with Crippen molar-refractivity contribution in [2.45, 2.75) is 13.8 Å². The lowest BCUT2D eigenvalue weighted by Crippen LogP contribution is -2.16. The second-order valence-corrected chi connectivity index (χ2v) is 5.70. The number of benzene rings is 1. The molecule has 25 heavy (non-hydrogen) atoms. The monoisotopic (exact) mass is 361 g/mol. The number of nitrogens with one attached hydrogen (secondary N) is 1. The van der Waals surface area contributed by atoms with E-state index in [-0.39, 0.29) is 11.8 Å². The largest absolute Gasteiger partial charge is 0.461 e. The van der Waals surface area contributed by atoms with Gasteiger partial charge in [-0.25, -0.2) is 9.78 Å². The molecule has 2 rings (SSSR count). The summed E-state index contributed by atoms with van der Waals surface area (Å²) in [7, 11) is 3.69. The predicted molar refractivity (Wildman–Crippen MR) is 100 cm³/mol. The van der Waals surface area contributed by atoms with Gasteiger partial charge in [-0.1, -0.05) is 41.9 Å². The van der Waals surface area contributed by atoms with E-state index in [1.54, 1.807) is 11.8 Å². The number of carbonyl (C=O) groups excluding carboxylic acids is 1. The van der Waals surface area contributed by atoms with E-state index in [4.69, 9.17) is 16.3 Å². The van der Waals surface area contributed by atoms with Crippen molar-refractivity contribution in [3.05, 3.63) is 35.9 Å². The topological polar surface area (TPSA) is 79.7 Å². The minimum atomic E-state index is -0.695. The maximum absolute atomic E-state index is 11.5. The Hall–Kier alpha value is -2.67. The second kappa shape index (κ2) is 8.43. The van der Waals surface area contributed by atoms with Crippen LogP contribution >= 0.6 is 11.6 Å². The lowest BCUT2D eigenvalue weighted by molar-refractivity contribution is -0.134. The third-order valence-electron chi connectivity index (χ3n) is 3.29. The maximum Gasteiger partial charge on any atom is 0.370 e. The molecule has 0 aliphatic heterocycles. The molecule has 7 nitrogen and oxygen atoms in total. The van der Waals surface area contributed by atoms with Crippen LogP contribution < -0.4 is 10.3 Å². The van der Waals surface area contributed by atoms with Crippen molar-refractivity contribution in [2.75, 3.05) is 31.0 Å². The van der Waals surface area contributed by atoms with Gasteiger partial charge in [-0.3, -0.25) is 5.43 Å². The summed E-state index contributed by atoms with van der Waals surface area (Å²) in [5.41, 5.74) is 5.24. The van der Waals surface area contributed by atoms with Crippen LogP contribution in [-0.4, -0.2) is 41.8 Å². The Morgan fingerprint density at radius 1 is 1.28 bits per heavy atom. The quantitative estimate of drug-likeness (QED) is 0.484. The SMILES string of the molecule is CCOC(=O)/C(Cl)=N\Nc1nc(N(C)C)nc(-c2ccccc2)c1C. The molecule has 0 aliphatic rings. The molecule has 1 aromatic carbocycles. The Morgan fingerprint density at radius 2 is 1.96 bits per heavy atom. The first-order chi connectivity index (χ1) is 11.9. The highest BCUT2D eigenvalue weighted by Crippen LogP contribution is 2.27. The van der Waals surface area contributed by atoms with Gasteiger partial charge in [0.25, 0.3) is 0 Å². The van der Waals surface area contributed by atoms with E-state index in [9.17, 15) is 4.79 Å². The summed E-state index contributed by atoms with van der Waals surface area (Å²) in [5.74, 6) is 0.272. The molecule has 8 heteroatoms. The van der Waals surface area contributed by atoms with Crippen molar-refractivity contribution in [3.63, 3.8) is 0 Å². The third kappa shape index (κ3) is 4.67. The lowest BCUT2D eigenvalue weighted by atomic mass is 10.1. The van der Waals surface area contributed by atoms with E-state index in [1.807, 2.05) is 51.4 Å². The first kappa shape index (κ1) is 18.7. The molecule has 132 valence electrons. The van der Waals surface area contributed by atoms with Crippen molar-refractivity contribution in [2.24, 2.45) is 5.10 Å². The summed E-state index contributed by atoms with van der Waals surface area (Å²) in [5, 5.41) is 3.56. The van der Waals surface area contributed by atoms with Gasteiger partial charge < -0.3 is 9.64 Å². The van der Waals surface area contributed by atoms with Gasteiger partial charge in [0.15, 0.2) is 5.82 Å². The molecule has 0 atom stereocenters. The summed E-state index contributed by atoms with van der Waals surface area (Å²) in [6.07, 6.45) is 0. The summed E-state index contributed by atoms with van der Waals surface area (Å²) in [6, 6.07) is 9.75. The number of hydrazone groups is 1. The fourth-order valence-electron chi connectivity index (χ4n) is 2.03. The highest BCUT2D eigenvalue weighted by Gasteiger charge is 2.15. The summed E-state index contributed by atoms with van der Waals surface area (Å²) < 4.78 is 4.79. The molecule has 0 saturated carbocycles. The van der Waals surface area contributed by atoms with Crippen LogP contribution in [0.2, 0.25) is 0 Å². The molecule has 1 heterocycles. The molecule has 1 aromatic heterocycles. The fraction of sp³-hybridized carbons (Fsp3) is 0.294. The zero-order valence-corrected chi connectivity index (χ0v) is 15.3. The Labute approximate surface area is 151 Å². The van der Waals surface area contributed by atoms with Crippen molar-refractivity contribution >= 4 is 34.5 Å². The maximum atomic E-state index is 11.5. The van der Waals surface area contributed by atoms with Gasteiger partial charge >= 0.3 is 5.97 Å². The molecule has 0 saturated heterocycles. The van der Waals surface area contributed by atoms with Crippen LogP contribution in [0.25, 0.3) is 11.3 Å². The van der Waals surface area contributed by atoms with Gasteiger partial charge in [0, 0.05) is 25.2 Å². The van der Waals surface area contributed by atoms with Crippen LogP contribution in [0.1, 0.15) is 12.5 Å². The predicted octanol–water partition coefficient (Wildman–Crippen LogP) is 3.05. The van der Waals surface area contributed by atoms with Crippen LogP contribution in [0.15, 0.2) is 35.4 Å². The molecular weight excluding hydrogens is 342 g/mol. The fourth-order valence-corrected chi connectivity index (χ4v) is 2.13. The Kier molecular flexibility index (Phi) is 6.30. The Morgan fingerprint density at radius 3 is 2.56 bits per heavy atom. The number of carbonyl (C=O) groups is 1. The third-order valence-corrected chi connectivity index (χ3v) is 3.52. The van der Waals surface area contributed by atoms with Gasteiger partial charge in [-0.15, -0.1) is 0 Å². The van der Waals surface area contributed by atoms with Crippen LogP contribution in [-0.2, 0) is 9.53 Å². The minimum absolute atomic E-state index is 0.222. The molecular formula is C17H20ClN5O2. The van der Waals surface area contributed by atoms with E-state index < -0.39 is 5.97 Å². The number of esters is 1. The number of hydrogen-bond acceptors (Lipinski definition) is 7. The first-order valence-electron chi connectivity index (χ1n) is 7.71. The normalized spacial score (nSPS) is 11.2. The number of aromatic nitrogens is 2. The van der Waals surface area contributed by atoms with Crippen LogP contribution in [0.4, 0.5) is 11.8 Å². The van der Waals surface area contributed by atoms with Gasteiger partial charge in [0.2, 0.25) is 11.1 Å². The average molecular weight is 362 g/mol. The van der Waals surface area contributed by atoms with Crippen molar-refractivity contribution < 1.29 is 9.53 Å². The standard InChI is InChI=1S/C17H20ClN5O2/c1-5-25-16(24)14(18)21-22-15-11(2)13(12-9-7-6-8-10-12)19-17(20-15)23(3)4/h6-10H,5H2,1-4H3,(H,19,20,22)/b21-14+. The Balaban J connectivity index is 2.42. The zero-order valence-electron chi connectivity index (χ0n) is 14.6. The zero-order chi connectivity index (χ0) is 18.4. The van der Waals surface area contributed by atoms with E-state index in [0.29, 0.717) is 11.8 Å². The number of halogens is 1. The number of hydrogen-bond donors (Lipinski definition) is 1. The number of rotatable bonds is 6. The Bertz CT molecular complexity index is 778. The van der Waals surface area contributed by atoms with Crippen molar-refractivity contribution in [1.29, 1.82) is 0 Å². The van der Waals surface area contributed by atoms with Gasteiger partial charge in [-0.2, -0.15) is 10.1 Å². The molecule has 0 aliphatic carbocycles. The number of ether oxygens (including phenoxy) is 1. The highest BCUT2D eigenvalue weighted by atomic mass is 35.5. The molecule has 1 N–H and O–H groups in total. The minimum Gasteiger partial charge on any atom is -0.461 e. The average Bonchev–Trinajstić information content (AvgIpc) is 2.61. The van der Waals surface area contributed by atoms with Gasteiger partial charge in [0.05, 0.1) is 12.3 Å². The van der Waals surface area contributed by atoms with Crippen molar-refractivity contribution in [1.82, 2.24) is 9.97 Å². The molecule has 2 aromatic rings. The summed E-state index contributed by atoms with van der Waals surface area (Å²) >= 11 is 5.83. The first-order valence-corrected chi connectivity index (χ1v) is 8.09. The molecule has 0 bridgehead atoms. The number of anilines is 2. The van der Waals surface area contributed by atoms with Crippen LogP contribution in [0.3, 0.4) is 0 Å². The van der Waals surface area contributed by atoms with E-state index in [2.05, 4.69) is 20.5 Å². The molecule has 0 fully saturated rings. The molecule has 0 radical (unpaired) electrons. The highest BCUT2D eigenvalue weighted by molar-refractivity contribution is 6.82.